The molecule has 0 aliphatic carbocycles. The molecule has 646 valence electrons. The summed E-state index contributed by atoms with van der Waals surface area (Å²) in [7, 11) is 0. The van der Waals surface area contributed by atoms with Gasteiger partial charge in [-0.1, -0.05) is 388 Å². The summed E-state index contributed by atoms with van der Waals surface area (Å²) in [5, 5.41) is 32.0. The van der Waals surface area contributed by atoms with Crippen molar-refractivity contribution in [2.24, 2.45) is 0 Å². The molecule has 12 heteroatoms. The standard InChI is InChI=1S/C43H27N3S.C41H25N3S.C41H31N3S/c1-3-11-28(12-4-1)31-15-9-17-34(25-31)42-44-41(30-13-5-2-6-14-30)45-43(46-42)35-18-10-16-32(26-35)33-22-21-29-23-24-39-40(37(29)27-33)36-19-7-8-20-38(36)47-39;1-3-11-26(12-4-1)39-42-40(27-13-5-2-6-14-27)44-41(43-39)34-23-22-30(32-15-7-8-16-33(32)34)28-19-21-31-29(25-28)20-24-37-38(31)35-17-9-10-18-36(35)45-37;1-2-11-28(12-3-1)39-42-40(44-41(43-39)32-21-20-26-10-4-5-13-29(26)24-32)31-16-8-15-30(25-31)33-18-9-14-27-22-23-36-38(37(27)33)34-17-6-7-19-35(34)45-36/h1-27H;1-25H;1-25,39-44H. The van der Waals surface area contributed by atoms with Crippen LogP contribution < -0.4 is 16.0 Å². The Morgan fingerprint density at radius 2 is 0.518 bits per heavy atom. The van der Waals surface area contributed by atoms with Crippen LogP contribution in [-0.2, 0) is 0 Å². The van der Waals surface area contributed by atoms with E-state index in [9.17, 15) is 0 Å². The Labute approximate surface area is 803 Å². The molecule has 26 aromatic rings. The first kappa shape index (κ1) is 82.4. The fourth-order valence-electron chi connectivity index (χ4n) is 19.7. The van der Waals surface area contributed by atoms with Crippen LogP contribution in [0.2, 0.25) is 0 Å². The van der Waals surface area contributed by atoms with E-state index in [1.165, 1.54) is 148 Å². The number of nitrogens with one attached hydrogen (secondary N) is 3. The van der Waals surface area contributed by atoms with Crippen molar-refractivity contribution in [3.05, 3.63) is 484 Å². The van der Waals surface area contributed by atoms with Crippen LogP contribution in [0.25, 0.3) is 227 Å². The van der Waals surface area contributed by atoms with Gasteiger partial charge >= 0.3 is 0 Å². The zero-order valence-corrected chi connectivity index (χ0v) is 76.5. The van der Waals surface area contributed by atoms with Crippen LogP contribution >= 0.6 is 34.0 Å². The molecule has 137 heavy (non-hydrogen) atoms. The molecule has 9 nitrogen and oxygen atoms in total. The lowest BCUT2D eigenvalue weighted by Gasteiger charge is -2.39. The van der Waals surface area contributed by atoms with E-state index in [-0.39, 0.29) is 18.5 Å². The first-order valence-electron chi connectivity index (χ1n) is 46.3. The molecule has 1 fully saturated rings. The first-order valence-corrected chi connectivity index (χ1v) is 48.7. The highest BCUT2D eigenvalue weighted by atomic mass is 32.1. The van der Waals surface area contributed by atoms with E-state index < -0.39 is 0 Å². The quantitative estimate of drug-likeness (QED) is 0.104. The van der Waals surface area contributed by atoms with Crippen LogP contribution in [0.5, 0.6) is 0 Å². The monoisotopic (exact) mass is 1810 g/mol. The van der Waals surface area contributed by atoms with Gasteiger partial charge in [0.2, 0.25) is 0 Å². The molecule has 6 heterocycles. The van der Waals surface area contributed by atoms with Gasteiger partial charge in [-0.15, -0.1) is 34.0 Å². The highest BCUT2D eigenvalue weighted by molar-refractivity contribution is 7.27. The Bertz CT molecular complexity index is 9060. The second kappa shape index (κ2) is 35.8. The predicted molar refractivity (Wildman–Crippen MR) is 577 cm³/mol. The molecule has 1 aliphatic heterocycles. The van der Waals surface area contributed by atoms with Crippen molar-refractivity contribution < 1.29 is 0 Å². The summed E-state index contributed by atoms with van der Waals surface area (Å²) >= 11 is 5.59. The first-order chi connectivity index (χ1) is 67.8. The highest BCUT2D eigenvalue weighted by Gasteiger charge is 2.31. The smallest absolute Gasteiger partial charge is 0.164 e. The number of aromatic nitrogens is 6. The molecule has 0 saturated carbocycles. The zero-order chi connectivity index (χ0) is 90.6. The molecule has 21 aromatic carbocycles. The third-order valence-corrected chi connectivity index (χ3v) is 29.8. The maximum atomic E-state index is 5.07. The average molecular weight is 1810 g/mol. The normalized spacial score (nSPS) is 13.8. The van der Waals surface area contributed by atoms with Gasteiger partial charge in [0.25, 0.3) is 0 Å². The van der Waals surface area contributed by atoms with Crippen LogP contribution in [0.3, 0.4) is 0 Å². The fourth-order valence-corrected chi connectivity index (χ4v) is 23.1. The van der Waals surface area contributed by atoms with Crippen molar-refractivity contribution in [1.82, 2.24) is 45.9 Å². The van der Waals surface area contributed by atoms with Gasteiger partial charge < -0.3 is 0 Å². The lowest BCUT2D eigenvalue weighted by atomic mass is 9.93. The Kier molecular flexibility index (Phi) is 21.5. The zero-order valence-electron chi connectivity index (χ0n) is 74.1. The molecule has 3 unspecified atom stereocenters. The summed E-state index contributed by atoms with van der Waals surface area (Å²) in [6, 6.07) is 166. The number of fused-ring (bicyclic) bond motifs is 17. The van der Waals surface area contributed by atoms with Crippen LogP contribution in [-0.4, -0.2) is 29.9 Å². The van der Waals surface area contributed by atoms with Gasteiger partial charge in [0.15, 0.2) is 34.9 Å². The van der Waals surface area contributed by atoms with Crippen molar-refractivity contribution in [3.8, 4) is 113 Å². The molecule has 0 spiro atoms. The number of nitrogens with zero attached hydrogens (tertiary/aromatic N) is 6. The molecule has 0 amide bonds. The van der Waals surface area contributed by atoms with E-state index in [4.69, 9.17) is 29.9 Å². The number of hydrogen-bond donors (Lipinski definition) is 3. The third-order valence-electron chi connectivity index (χ3n) is 26.4. The van der Waals surface area contributed by atoms with Gasteiger partial charge in [-0.25, -0.2) is 29.9 Å². The maximum Gasteiger partial charge on any atom is 0.164 e. The van der Waals surface area contributed by atoms with E-state index in [1.807, 2.05) is 131 Å². The summed E-state index contributed by atoms with van der Waals surface area (Å²) in [4.78, 5) is 30.0. The van der Waals surface area contributed by atoms with Crippen LogP contribution in [0.1, 0.15) is 35.2 Å². The Morgan fingerprint density at radius 3 is 1.11 bits per heavy atom. The molecular formula is C125H83N9S3. The van der Waals surface area contributed by atoms with E-state index >= 15 is 0 Å². The molecule has 5 aromatic heterocycles. The van der Waals surface area contributed by atoms with Crippen molar-refractivity contribution in [3.63, 3.8) is 0 Å². The molecular weight excluding hydrogens is 1720 g/mol. The fraction of sp³-hybridized carbons (Fsp3) is 0.0240. The van der Waals surface area contributed by atoms with Crippen LogP contribution in [0.4, 0.5) is 0 Å². The molecule has 0 bridgehead atoms. The minimum Gasteiger partial charge on any atom is -0.279 e. The van der Waals surface area contributed by atoms with Gasteiger partial charge in [0.05, 0.1) is 18.5 Å². The average Bonchev–Trinajstić information content (AvgIpc) is 1.56. The Balaban J connectivity index is 0.000000109. The molecule has 27 rings (SSSR count). The van der Waals surface area contributed by atoms with Gasteiger partial charge in [0, 0.05) is 93.9 Å². The number of rotatable bonds is 13. The summed E-state index contributed by atoms with van der Waals surface area (Å²) in [6.07, 6.45) is -0.124. The Morgan fingerprint density at radius 1 is 0.153 bits per heavy atom. The highest BCUT2D eigenvalue weighted by Crippen LogP contribution is 2.47. The topological polar surface area (TPSA) is 113 Å². The lowest BCUT2D eigenvalue weighted by Crippen LogP contribution is -2.54. The third kappa shape index (κ3) is 16.0. The summed E-state index contributed by atoms with van der Waals surface area (Å²) in [5.74, 6) is 3.93. The summed E-state index contributed by atoms with van der Waals surface area (Å²) in [5.41, 5.74) is 18.8. The molecule has 1 saturated heterocycles. The minimum absolute atomic E-state index is 0.0214. The van der Waals surface area contributed by atoms with Gasteiger partial charge in [-0.2, -0.15) is 0 Å². The molecule has 1 aliphatic rings. The van der Waals surface area contributed by atoms with Gasteiger partial charge in [0.1, 0.15) is 0 Å². The molecule has 0 radical (unpaired) electrons. The van der Waals surface area contributed by atoms with E-state index in [2.05, 4.69) is 386 Å². The van der Waals surface area contributed by atoms with Gasteiger partial charge in [-0.05, 0) is 194 Å². The Hall–Kier alpha value is -16.5. The molecule has 3 N–H and O–H groups in total. The van der Waals surface area contributed by atoms with Crippen molar-refractivity contribution in [2.45, 2.75) is 18.5 Å². The predicted octanol–water partition coefficient (Wildman–Crippen LogP) is 33.1. The largest absolute Gasteiger partial charge is 0.279 e. The SMILES string of the molecule is c1ccc(-c2cccc(-c3nc(-c4ccccc4)nc(-c4cccc(-c5ccc6ccc7sc8ccccc8c7c6c5)c4)n3)c2)cc1.c1ccc(-c2nc(-c3ccccc3)nc(-c3ccc(-c4ccc5c(ccc6sc7ccccc7c65)c4)c4ccccc34)n2)cc1.c1ccc(C2NC(c3cccc(-c4cccc5ccc6sc7ccccc7c6c45)c3)NC(c3ccc4ccccc4c3)N2)cc1. The van der Waals surface area contributed by atoms with Gasteiger partial charge in [-0.3, -0.25) is 16.0 Å². The number of thiophene rings is 3. The molecule has 3 atom stereocenters. The van der Waals surface area contributed by atoms with Crippen molar-refractivity contribution in [2.75, 3.05) is 0 Å². The number of hydrogen-bond acceptors (Lipinski definition) is 12. The summed E-state index contributed by atoms with van der Waals surface area (Å²) < 4.78 is 7.95. The van der Waals surface area contributed by atoms with Crippen molar-refractivity contribution >= 4 is 148 Å². The summed E-state index contributed by atoms with van der Waals surface area (Å²) in [6.45, 7) is 0. The second-order valence-corrected chi connectivity index (χ2v) is 38.0. The van der Waals surface area contributed by atoms with E-state index in [1.54, 1.807) is 0 Å². The minimum atomic E-state index is -0.0650. The van der Waals surface area contributed by atoms with Crippen LogP contribution in [0, 0.1) is 0 Å². The van der Waals surface area contributed by atoms with E-state index in [0.29, 0.717) is 34.9 Å². The van der Waals surface area contributed by atoms with E-state index in [0.717, 1.165) is 61.0 Å². The van der Waals surface area contributed by atoms with Crippen molar-refractivity contribution in [1.29, 1.82) is 0 Å². The van der Waals surface area contributed by atoms with Crippen LogP contribution in [0.15, 0.2) is 467 Å². The maximum absolute atomic E-state index is 5.07. The second-order valence-electron chi connectivity index (χ2n) is 34.8. The number of benzene rings is 21. The lowest BCUT2D eigenvalue weighted by molar-refractivity contribution is 0.203.